The number of hydrogen-bond acceptors (Lipinski definition) is 3. The molecule has 0 amide bonds. The molecule has 1 aromatic rings. The quantitative estimate of drug-likeness (QED) is 0.830. The lowest BCUT2D eigenvalue weighted by atomic mass is 9.75. The zero-order valence-electron chi connectivity index (χ0n) is 11.7. The third-order valence-electron chi connectivity index (χ3n) is 4.16. The smallest absolute Gasteiger partial charge is 0.150 e. The van der Waals surface area contributed by atoms with E-state index in [1.807, 2.05) is 0 Å². The minimum atomic E-state index is 0.351. The molecule has 0 radical (unpaired) electrons. The molecular weight excluding hydrogens is 242 g/mol. The van der Waals surface area contributed by atoms with E-state index < -0.39 is 0 Å². The van der Waals surface area contributed by atoms with Gasteiger partial charge in [-0.2, -0.15) is 17.7 Å². The topological polar surface area (TPSA) is 30.7 Å². The van der Waals surface area contributed by atoms with Gasteiger partial charge < -0.3 is 0 Å². The summed E-state index contributed by atoms with van der Waals surface area (Å²) >= 11 is 4.61. The normalized spacial score (nSPS) is 19.1. The molecule has 1 fully saturated rings. The Bertz CT molecular complexity index is 380. The summed E-state index contributed by atoms with van der Waals surface area (Å²) in [6.45, 7) is 5.29. The van der Waals surface area contributed by atoms with Gasteiger partial charge in [0.15, 0.2) is 5.82 Å². The molecule has 0 unspecified atom stereocenters. The van der Waals surface area contributed by atoms with Gasteiger partial charge in [0.2, 0.25) is 0 Å². The maximum absolute atomic E-state index is 4.66. The predicted molar refractivity (Wildman–Crippen MR) is 78.1 cm³/mol. The van der Waals surface area contributed by atoms with Crippen molar-refractivity contribution in [3.8, 4) is 0 Å². The van der Waals surface area contributed by atoms with E-state index >= 15 is 0 Å². The van der Waals surface area contributed by atoms with Crippen molar-refractivity contribution in [2.45, 2.75) is 65.3 Å². The summed E-state index contributed by atoms with van der Waals surface area (Å²) in [4.78, 5) is 4.60. The van der Waals surface area contributed by atoms with Crippen LogP contribution in [0.3, 0.4) is 0 Å². The van der Waals surface area contributed by atoms with Crippen LogP contribution in [0.4, 0.5) is 0 Å². The zero-order chi connectivity index (χ0) is 13.0. The summed E-state index contributed by atoms with van der Waals surface area (Å²) in [6.07, 6.45) is 8.55. The highest BCUT2D eigenvalue weighted by Crippen LogP contribution is 2.38. The highest BCUT2D eigenvalue weighted by molar-refractivity contribution is 7.80. The predicted octanol–water partition coefficient (Wildman–Crippen LogP) is 3.28. The lowest BCUT2D eigenvalue weighted by Gasteiger charge is -2.36. The number of hydrogen-bond donors (Lipinski definition) is 1. The van der Waals surface area contributed by atoms with Gasteiger partial charge in [-0.25, -0.2) is 9.67 Å². The van der Waals surface area contributed by atoms with Crippen molar-refractivity contribution in [3.05, 3.63) is 11.6 Å². The largest absolute Gasteiger partial charge is 0.249 e. The average Bonchev–Trinajstić information content (AvgIpc) is 2.82. The van der Waals surface area contributed by atoms with Crippen molar-refractivity contribution in [2.24, 2.45) is 5.41 Å². The molecule has 1 heterocycles. The van der Waals surface area contributed by atoms with Crippen molar-refractivity contribution in [1.82, 2.24) is 14.8 Å². The van der Waals surface area contributed by atoms with Crippen molar-refractivity contribution >= 4 is 12.6 Å². The van der Waals surface area contributed by atoms with E-state index in [0.29, 0.717) is 5.41 Å². The van der Waals surface area contributed by atoms with Crippen LogP contribution in [0.2, 0.25) is 0 Å². The molecule has 0 bridgehead atoms. The Morgan fingerprint density at radius 3 is 2.44 bits per heavy atom. The Kier molecular flexibility index (Phi) is 4.71. The maximum Gasteiger partial charge on any atom is 0.150 e. The second kappa shape index (κ2) is 6.09. The van der Waals surface area contributed by atoms with Gasteiger partial charge in [0.25, 0.3) is 0 Å². The first-order chi connectivity index (χ1) is 8.73. The van der Waals surface area contributed by atoms with Gasteiger partial charge in [0.1, 0.15) is 5.82 Å². The van der Waals surface area contributed by atoms with Crippen LogP contribution in [-0.4, -0.2) is 20.5 Å². The number of thiol groups is 1. The fraction of sp³-hybridized carbons (Fsp3) is 0.857. The third-order valence-corrected chi connectivity index (χ3v) is 4.83. The van der Waals surface area contributed by atoms with Crippen LogP contribution < -0.4 is 0 Å². The van der Waals surface area contributed by atoms with Crippen molar-refractivity contribution in [1.29, 1.82) is 0 Å². The molecular formula is C14H25N3S. The van der Waals surface area contributed by atoms with Crippen LogP contribution in [0, 0.1) is 5.41 Å². The molecule has 0 spiro atoms. The second-order valence-electron chi connectivity index (χ2n) is 5.53. The van der Waals surface area contributed by atoms with Gasteiger partial charge in [-0.3, -0.25) is 0 Å². The van der Waals surface area contributed by atoms with Crippen LogP contribution in [-0.2, 0) is 19.4 Å². The van der Waals surface area contributed by atoms with Crippen LogP contribution in [0.25, 0.3) is 0 Å². The second-order valence-corrected chi connectivity index (χ2v) is 5.84. The van der Waals surface area contributed by atoms with Gasteiger partial charge >= 0.3 is 0 Å². The van der Waals surface area contributed by atoms with Gasteiger partial charge in [-0.05, 0) is 24.0 Å². The van der Waals surface area contributed by atoms with Crippen LogP contribution in [0.15, 0.2) is 0 Å². The lowest BCUT2D eigenvalue weighted by molar-refractivity contribution is 0.180. The molecule has 1 saturated carbocycles. The number of aromatic nitrogens is 3. The Hall–Kier alpha value is -0.510. The van der Waals surface area contributed by atoms with E-state index in [-0.39, 0.29) is 0 Å². The minimum absolute atomic E-state index is 0.351. The monoisotopic (exact) mass is 267 g/mol. The number of nitrogens with zero attached hydrogens (tertiary/aromatic N) is 3. The van der Waals surface area contributed by atoms with Crippen molar-refractivity contribution in [2.75, 3.05) is 5.75 Å². The molecule has 1 aliphatic rings. The Morgan fingerprint density at radius 2 is 1.89 bits per heavy atom. The van der Waals surface area contributed by atoms with Gasteiger partial charge in [0, 0.05) is 19.4 Å². The first kappa shape index (κ1) is 13.9. The highest BCUT2D eigenvalue weighted by Gasteiger charge is 2.32. The lowest BCUT2D eigenvalue weighted by Crippen LogP contribution is -2.32. The zero-order valence-corrected chi connectivity index (χ0v) is 12.5. The molecule has 18 heavy (non-hydrogen) atoms. The molecule has 0 saturated heterocycles. The van der Waals surface area contributed by atoms with Gasteiger partial charge in [0.05, 0.1) is 0 Å². The summed E-state index contributed by atoms with van der Waals surface area (Å²) < 4.78 is 2.15. The Balaban J connectivity index is 2.17. The van der Waals surface area contributed by atoms with Crippen molar-refractivity contribution in [3.63, 3.8) is 0 Å². The minimum Gasteiger partial charge on any atom is -0.249 e. The first-order valence-electron chi connectivity index (χ1n) is 7.26. The van der Waals surface area contributed by atoms with E-state index in [9.17, 15) is 0 Å². The summed E-state index contributed by atoms with van der Waals surface area (Å²) in [5, 5.41) is 4.66. The number of aryl methyl sites for hydroxylation is 2. The Morgan fingerprint density at radius 1 is 1.17 bits per heavy atom. The molecule has 1 aliphatic carbocycles. The number of rotatable bonds is 5. The Labute approximate surface area is 116 Å². The van der Waals surface area contributed by atoms with Gasteiger partial charge in [-0.15, -0.1) is 0 Å². The molecule has 2 rings (SSSR count). The van der Waals surface area contributed by atoms with Gasteiger partial charge in [-0.1, -0.05) is 33.1 Å². The maximum atomic E-state index is 4.66. The van der Waals surface area contributed by atoms with Crippen LogP contribution in [0.1, 0.15) is 57.6 Å². The molecule has 0 N–H and O–H groups in total. The van der Waals surface area contributed by atoms with E-state index in [1.54, 1.807) is 0 Å². The summed E-state index contributed by atoms with van der Waals surface area (Å²) in [5.41, 5.74) is 0.351. The fourth-order valence-electron chi connectivity index (χ4n) is 2.95. The molecule has 0 aromatic carbocycles. The average molecular weight is 267 g/mol. The van der Waals surface area contributed by atoms with E-state index in [4.69, 9.17) is 0 Å². The standard InChI is InChI=1S/C14H25N3S/c1-3-12-15-13(4-2)17(16-12)10-14(11-18)8-6-5-7-9-14/h18H,3-11H2,1-2H3. The van der Waals surface area contributed by atoms with Crippen LogP contribution >= 0.6 is 12.6 Å². The highest BCUT2D eigenvalue weighted by atomic mass is 32.1. The van der Waals surface area contributed by atoms with E-state index in [1.165, 1.54) is 32.1 Å². The van der Waals surface area contributed by atoms with Crippen molar-refractivity contribution < 1.29 is 0 Å². The molecule has 3 nitrogen and oxygen atoms in total. The summed E-state index contributed by atoms with van der Waals surface area (Å²) in [5.74, 6) is 3.09. The molecule has 0 atom stereocenters. The summed E-state index contributed by atoms with van der Waals surface area (Å²) in [7, 11) is 0. The fourth-order valence-corrected chi connectivity index (χ4v) is 3.37. The summed E-state index contributed by atoms with van der Waals surface area (Å²) in [6, 6.07) is 0. The van der Waals surface area contributed by atoms with E-state index in [2.05, 4.69) is 41.2 Å². The SMILES string of the molecule is CCc1nc(CC)n(CC2(CS)CCCCC2)n1. The third kappa shape index (κ3) is 2.90. The molecule has 1 aromatic heterocycles. The molecule has 102 valence electrons. The van der Waals surface area contributed by atoms with Crippen LogP contribution in [0.5, 0.6) is 0 Å². The molecule has 0 aliphatic heterocycles. The first-order valence-corrected chi connectivity index (χ1v) is 7.89. The molecule has 4 heteroatoms. The van der Waals surface area contributed by atoms with E-state index in [0.717, 1.165) is 36.8 Å².